The van der Waals surface area contributed by atoms with Crippen molar-refractivity contribution in [3.8, 4) is 0 Å². The van der Waals surface area contributed by atoms with Crippen molar-refractivity contribution in [1.29, 1.82) is 0 Å². The number of carboxylic acids is 1. The molecule has 8 nitrogen and oxygen atoms in total. The van der Waals surface area contributed by atoms with Gasteiger partial charge in [-0.15, -0.1) is 0 Å². The zero-order chi connectivity index (χ0) is 18.2. The first-order valence-corrected chi connectivity index (χ1v) is 7.88. The van der Waals surface area contributed by atoms with Gasteiger partial charge in [0.2, 0.25) is 0 Å². The van der Waals surface area contributed by atoms with E-state index < -0.39 is 23.5 Å². The molecule has 2 aliphatic heterocycles. The molecule has 2 amide bonds. The number of carbonyl (C=O) groups excluding carboxylic acids is 3. The summed E-state index contributed by atoms with van der Waals surface area (Å²) in [5, 5.41) is 14.0. The van der Waals surface area contributed by atoms with Crippen molar-refractivity contribution in [1.82, 2.24) is 15.2 Å². The maximum atomic E-state index is 12.5. The summed E-state index contributed by atoms with van der Waals surface area (Å²) in [7, 11) is 1.42. The van der Waals surface area contributed by atoms with Gasteiger partial charge in [-0.05, 0) is 24.6 Å². The third kappa shape index (κ3) is 3.49. The molecule has 132 valence electrons. The van der Waals surface area contributed by atoms with E-state index in [0.29, 0.717) is 17.7 Å². The zero-order valence-corrected chi connectivity index (χ0v) is 16.9. The molecule has 26 heavy (non-hydrogen) atoms. The van der Waals surface area contributed by atoms with Gasteiger partial charge in [0.15, 0.2) is 0 Å². The minimum Gasteiger partial charge on any atom is -0.548 e. The van der Waals surface area contributed by atoms with E-state index in [9.17, 15) is 19.5 Å². The number of pyridine rings is 1. The number of β-lactam (4-membered cyclic amide) rings is 1. The van der Waals surface area contributed by atoms with Crippen LogP contribution in [-0.2, 0) is 14.3 Å². The van der Waals surface area contributed by atoms with Crippen LogP contribution in [0.15, 0.2) is 30.0 Å². The number of ether oxygens (including phenoxy) is 1. The summed E-state index contributed by atoms with van der Waals surface area (Å²) in [4.78, 5) is 40.9. The number of aromatic nitrogens is 1. The Morgan fingerprint density at radius 3 is 2.81 bits per heavy atom. The molecular formula is C17H18N3NaO5. The van der Waals surface area contributed by atoms with E-state index in [4.69, 9.17) is 4.74 Å². The van der Waals surface area contributed by atoms with Gasteiger partial charge in [-0.25, -0.2) is 4.79 Å². The Hall–Kier alpha value is -1.90. The average molecular weight is 367 g/mol. The van der Waals surface area contributed by atoms with Crippen molar-refractivity contribution < 1.29 is 53.8 Å². The number of carbonyl (C=O) groups is 3. The topological polar surface area (TPSA) is 112 Å². The number of alkyl carbamates (subject to hydrolysis) is 1. The van der Waals surface area contributed by atoms with Crippen molar-refractivity contribution in [2.24, 2.45) is 5.41 Å². The number of rotatable bonds is 4. The number of amides is 2. The van der Waals surface area contributed by atoms with Crippen molar-refractivity contribution in [2.45, 2.75) is 25.4 Å². The Bertz CT molecular complexity index is 754. The molecule has 0 saturated carbocycles. The summed E-state index contributed by atoms with van der Waals surface area (Å²) in [6.07, 6.45) is 3.00. The van der Waals surface area contributed by atoms with Crippen molar-refractivity contribution >= 4 is 24.0 Å². The van der Waals surface area contributed by atoms with Gasteiger partial charge in [0.05, 0.1) is 23.7 Å². The second kappa shape index (κ2) is 7.77. The normalized spacial score (nSPS) is 28.0. The Morgan fingerprint density at radius 2 is 2.23 bits per heavy atom. The molecule has 0 spiro atoms. The number of hydrogen-bond acceptors (Lipinski definition) is 6. The largest absolute Gasteiger partial charge is 1.00 e. The summed E-state index contributed by atoms with van der Waals surface area (Å²) < 4.78 is 5.06. The Kier molecular flexibility index (Phi) is 6.10. The van der Waals surface area contributed by atoms with Gasteiger partial charge >= 0.3 is 35.7 Å². The molecule has 1 aromatic rings. The molecule has 2 aliphatic rings. The molecule has 9 heteroatoms. The van der Waals surface area contributed by atoms with E-state index in [2.05, 4.69) is 10.3 Å². The fourth-order valence-corrected chi connectivity index (χ4v) is 3.53. The number of nitrogens with one attached hydrogen (secondary N) is 1. The van der Waals surface area contributed by atoms with Crippen LogP contribution >= 0.6 is 0 Å². The molecule has 2 fully saturated rings. The minimum atomic E-state index is -1.35. The van der Waals surface area contributed by atoms with Crippen LogP contribution in [0.4, 0.5) is 4.79 Å². The van der Waals surface area contributed by atoms with Crippen LogP contribution in [0.5, 0.6) is 0 Å². The monoisotopic (exact) mass is 367 g/mol. The van der Waals surface area contributed by atoms with Crippen LogP contribution in [0.2, 0.25) is 0 Å². The molecular weight excluding hydrogens is 349 g/mol. The van der Waals surface area contributed by atoms with Gasteiger partial charge in [0, 0.05) is 24.2 Å². The first-order chi connectivity index (χ1) is 11.9. The number of nitrogens with zero attached hydrogens (tertiary/aromatic N) is 2. The zero-order valence-electron chi connectivity index (χ0n) is 14.9. The molecule has 3 atom stereocenters. The smallest absolute Gasteiger partial charge is 0.548 e. The molecule has 1 N–H and O–H groups in total. The quantitative estimate of drug-likeness (QED) is 0.337. The molecule has 1 unspecified atom stereocenters. The van der Waals surface area contributed by atoms with Crippen LogP contribution in [0.1, 0.15) is 19.0 Å². The number of hydrogen-bond donors (Lipinski definition) is 1. The minimum absolute atomic E-state index is 0. The first kappa shape index (κ1) is 20.4. The average Bonchev–Trinajstić information content (AvgIpc) is 2.89. The predicted octanol–water partition coefficient (Wildman–Crippen LogP) is -3.44. The van der Waals surface area contributed by atoms with Gasteiger partial charge in [0.1, 0.15) is 6.61 Å². The van der Waals surface area contributed by atoms with E-state index in [0.717, 1.165) is 0 Å². The van der Waals surface area contributed by atoms with Gasteiger partial charge in [-0.1, -0.05) is 13.0 Å². The number of aliphatic carboxylic acids is 1. The van der Waals surface area contributed by atoms with Crippen LogP contribution in [0.25, 0.3) is 6.08 Å². The summed E-state index contributed by atoms with van der Waals surface area (Å²) in [6, 6.07) is 3.85. The fraction of sp³-hybridized carbons (Fsp3) is 0.412. The second-order valence-corrected chi connectivity index (χ2v) is 6.49. The van der Waals surface area contributed by atoms with Gasteiger partial charge < -0.3 is 24.9 Å². The van der Waals surface area contributed by atoms with Gasteiger partial charge in [-0.3, -0.25) is 9.78 Å². The second-order valence-electron chi connectivity index (χ2n) is 6.49. The molecule has 3 heterocycles. The van der Waals surface area contributed by atoms with E-state index in [1.165, 1.54) is 11.9 Å². The van der Waals surface area contributed by atoms with Crippen molar-refractivity contribution in [3.05, 3.63) is 35.7 Å². The molecule has 2 saturated heterocycles. The fourth-order valence-electron chi connectivity index (χ4n) is 3.53. The van der Waals surface area contributed by atoms with Gasteiger partial charge in [-0.2, -0.15) is 0 Å². The van der Waals surface area contributed by atoms with E-state index >= 15 is 0 Å². The van der Waals surface area contributed by atoms with E-state index in [1.54, 1.807) is 37.4 Å². The molecule has 0 radical (unpaired) electrons. The molecule has 1 aromatic heterocycles. The number of carboxylic acid groups (broad SMARTS) is 1. The Balaban J connectivity index is 0.00000243. The van der Waals surface area contributed by atoms with E-state index in [-0.39, 0.29) is 48.1 Å². The summed E-state index contributed by atoms with van der Waals surface area (Å²) >= 11 is 0. The summed E-state index contributed by atoms with van der Waals surface area (Å²) in [5.74, 6) is -1.70. The predicted molar refractivity (Wildman–Crippen MR) is 84.8 cm³/mol. The van der Waals surface area contributed by atoms with Crippen LogP contribution < -0.4 is 40.0 Å². The van der Waals surface area contributed by atoms with Gasteiger partial charge in [0.25, 0.3) is 5.91 Å². The summed E-state index contributed by atoms with van der Waals surface area (Å²) in [5.41, 5.74) is 0.213. The number of fused-ring (bicyclic) bond motifs is 1. The van der Waals surface area contributed by atoms with Crippen LogP contribution in [0, 0.1) is 5.41 Å². The van der Waals surface area contributed by atoms with Crippen LogP contribution in [-0.4, -0.2) is 53.6 Å². The van der Waals surface area contributed by atoms with E-state index in [1.807, 2.05) is 0 Å². The molecule has 0 aromatic carbocycles. The van der Waals surface area contributed by atoms with Crippen LogP contribution in [0.3, 0.4) is 0 Å². The Morgan fingerprint density at radius 1 is 1.50 bits per heavy atom. The molecule has 3 rings (SSSR count). The standard InChI is InChI=1S/C17H19N3O5.Na/c1-17(9-25-16(24)18-2)8-12-11(7-10-5-3-4-6-19-10)14(21)20(12)13(17)15(22)23;/h3-7,12-13H,8-9H2,1-2H3,(H,18,24)(H,22,23);/q;+1/p-1/b11-7+;/t12?,13-,17-;/m0./s1. The maximum Gasteiger partial charge on any atom is 1.00 e. The van der Waals surface area contributed by atoms with Crippen molar-refractivity contribution in [3.63, 3.8) is 0 Å². The SMILES string of the molecule is CNC(=O)OC[C@]1(C)CC2/C(=C\c3ccccn3)C(=O)N2[C@H]1C(=O)[O-].[Na+]. The maximum absolute atomic E-state index is 12.5. The Labute approximate surface area is 172 Å². The molecule has 0 bridgehead atoms. The third-order valence-corrected chi connectivity index (χ3v) is 4.73. The summed E-state index contributed by atoms with van der Waals surface area (Å²) in [6.45, 7) is 1.56. The third-order valence-electron chi connectivity index (χ3n) is 4.73. The molecule has 0 aliphatic carbocycles. The van der Waals surface area contributed by atoms with Crippen molar-refractivity contribution in [2.75, 3.05) is 13.7 Å². The first-order valence-electron chi connectivity index (χ1n) is 7.88.